The number of hydrogen-bond acceptors (Lipinski definition) is 4. The smallest absolute Gasteiger partial charge is 0.295 e. The first-order valence-electron chi connectivity index (χ1n) is 11.2. The van der Waals surface area contributed by atoms with Gasteiger partial charge in [0.15, 0.2) is 0 Å². The van der Waals surface area contributed by atoms with E-state index in [2.05, 4.69) is 0 Å². The number of nitrogens with zero attached hydrogens (tertiary/aromatic N) is 1. The van der Waals surface area contributed by atoms with Crippen LogP contribution in [0.3, 0.4) is 0 Å². The molecule has 1 aliphatic carbocycles. The number of hydrogen-bond donors (Lipinski definition) is 1. The van der Waals surface area contributed by atoms with Crippen molar-refractivity contribution in [1.29, 1.82) is 0 Å². The van der Waals surface area contributed by atoms with Gasteiger partial charge in [-0.1, -0.05) is 43.5 Å². The van der Waals surface area contributed by atoms with Crippen LogP contribution in [-0.2, 0) is 16.0 Å². The number of aliphatic hydroxyl groups excluding tert-OH is 1. The fourth-order valence-corrected chi connectivity index (χ4v) is 5.27. The Morgan fingerprint density at radius 1 is 1.06 bits per heavy atom. The minimum atomic E-state index is -0.590. The minimum Gasteiger partial charge on any atom is -0.507 e. The van der Waals surface area contributed by atoms with Crippen LogP contribution in [0.1, 0.15) is 60.4 Å². The van der Waals surface area contributed by atoms with Gasteiger partial charge >= 0.3 is 0 Å². The Kier molecular flexibility index (Phi) is 5.05. The van der Waals surface area contributed by atoms with Crippen LogP contribution in [0, 0.1) is 6.92 Å². The van der Waals surface area contributed by atoms with Crippen molar-refractivity contribution >= 4 is 17.4 Å². The second-order valence-corrected chi connectivity index (χ2v) is 8.78. The summed E-state index contributed by atoms with van der Waals surface area (Å²) in [5, 5.41) is 11.3. The van der Waals surface area contributed by atoms with E-state index < -0.39 is 17.7 Å². The molecule has 31 heavy (non-hydrogen) atoms. The summed E-state index contributed by atoms with van der Waals surface area (Å²) in [5.41, 5.74) is 3.67. The number of amides is 1. The lowest BCUT2D eigenvalue weighted by Gasteiger charge is -2.36. The van der Waals surface area contributed by atoms with Crippen molar-refractivity contribution in [2.75, 3.05) is 6.61 Å². The van der Waals surface area contributed by atoms with E-state index in [9.17, 15) is 14.7 Å². The highest BCUT2D eigenvalue weighted by Gasteiger charge is 2.49. The second kappa shape index (κ2) is 7.88. The van der Waals surface area contributed by atoms with E-state index in [-0.39, 0.29) is 17.4 Å². The minimum absolute atomic E-state index is 0.0218. The van der Waals surface area contributed by atoms with Crippen LogP contribution in [0.25, 0.3) is 5.76 Å². The molecule has 2 aliphatic heterocycles. The molecule has 1 atom stereocenters. The molecule has 5 rings (SSSR count). The standard InChI is InChI=1S/C26H27NO4/c1-16-7-5-6-10-20(16)23-22(24(28)18-11-12-21-17(15-18)13-14-31-21)25(29)26(30)27(23)19-8-3-2-4-9-19/h5-7,10-12,15,19,23,28H,2-4,8-9,13-14H2,1H3/b24-22+. The number of benzene rings is 2. The summed E-state index contributed by atoms with van der Waals surface area (Å²) in [5.74, 6) is -0.367. The monoisotopic (exact) mass is 417 g/mol. The van der Waals surface area contributed by atoms with Crippen molar-refractivity contribution in [1.82, 2.24) is 4.90 Å². The summed E-state index contributed by atoms with van der Waals surface area (Å²) >= 11 is 0. The maximum Gasteiger partial charge on any atom is 0.295 e. The van der Waals surface area contributed by atoms with Gasteiger partial charge in [0.25, 0.3) is 11.7 Å². The maximum absolute atomic E-state index is 13.3. The number of likely N-dealkylation sites (tertiary alicyclic amines) is 1. The Morgan fingerprint density at radius 3 is 2.61 bits per heavy atom. The van der Waals surface area contributed by atoms with Gasteiger partial charge in [-0.05, 0) is 54.7 Å². The molecule has 2 heterocycles. The third kappa shape index (κ3) is 3.32. The molecule has 1 N–H and O–H groups in total. The van der Waals surface area contributed by atoms with E-state index in [0.29, 0.717) is 12.2 Å². The Morgan fingerprint density at radius 2 is 1.84 bits per heavy atom. The molecule has 0 aromatic heterocycles. The van der Waals surface area contributed by atoms with Crippen molar-refractivity contribution in [2.45, 2.75) is 57.5 Å². The number of ether oxygens (including phenoxy) is 1. The third-order valence-corrected chi connectivity index (χ3v) is 6.89. The zero-order valence-corrected chi connectivity index (χ0v) is 17.8. The molecule has 2 fully saturated rings. The summed E-state index contributed by atoms with van der Waals surface area (Å²) < 4.78 is 5.57. The van der Waals surface area contributed by atoms with Gasteiger partial charge in [0, 0.05) is 18.0 Å². The van der Waals surface area contributed by atoms with Crippen molar-refractivity contribution < 1.29 is 19.4 Å². The molecule has 1 saturated heterocycles. The number of carbonyl (C=O) groups is 2. The van der Waals surface area contributed by atoms with E-state index in [1.54, 1.807) is 11.0 Å². The molecule has 0 radical (unpaired) electrons. The zero-order chi connectivity index (χ0) is 21.5. The summed E-state index contributed by atoms with van der Waals surface area (Å²) in [6.45, 7) is 2.61. The lowest BCUT2D eigenvalue weighted by atomic mass is 9.89. The van der Waals surface area contributed by atoms with E-state index in [0.717, 1.165) is 61.0 Å². The first kappa shape index (κ1) is 19.9. The Hall–Kier alpha value is -3.08. The molecule has 2 aromatic rings. The highest BCUT2D eigenvalue weighted by molar-refractivity contribution is 6.46. The highest BCUT2D eigenvalue weighted by Crippen LogP contribution is 2.44. The average Bonchev–Trinajstić information content (AvgIpc) is 3.36. The molecule has 1 saturated carbocycles. The Labute approximate surface area is 182 Å². The van der Waals surface area contributed by atoms with E-state index in [1.807, 2.05) is 43.3 Å². The third-order valence-electron chi connectivity index (χ3n) is 6.89. The number of fused-ring (bicyclic) bond motifs is 1. The number of aryl methyl sites for hydroxylation is 1. The van der Waals surface area contributed by atoms with E-state index in [1.165, 1.54) is 0 Å². The SMILES string of the molecule is Cc1ccccc1C1/C(=C(\O)c2ccc3c(c2)CCO3)C(=O)C(=O)N1C1CCCCC1. The summed E-state index contributed by atoms with van der Waals surface area (Å²) in [4.78, 5) is 28.3. The van der Waals surface area contributed by atoms with Crippen LogP contribution in [0.15, 0.2) is 48.0 Å². The molecular formula is C26H27NO4. The van der Waals surface area contributed by atoms with Gasteiger partial charge in [-0.3, -0.25) is 9.59 Å². The van der Waals surface area contributed by atoms with Crippen LogP contribution in [0.4, 0.5) is 0 Å². The Balaban J connectivity index is 1.67. The fraction of sp³-hybridized carbons (Fsp3) is 0.385. The molecule has 1 unspecified atom stereocenters. The molecule has 160 valence electrons. The molecule has 5 heteroatoms. The highest BCUT2D eigenvalue weighted by atomic mass is 16.5. The number of carbonyl (C=O) groups excluding carboxylic acids is 2. The maximum atomic E-state index is 13.3. The van der Waals surface area contributed by atoms with Gasteiger partial charge in [-0.15, -0.1) is 0 Å². The largest absolute Gasteiger partial charge is 0.507 e. The van der Waals surface area contributed by atoms with Crippen LogP contribution >= 0.6 is 0 Å². The van der Waals surface area contributed by atoms with Crippen molar-refractivity contribution in [3.8, 4) is 5.75 Å². The number of aliphatic hydroxyl groups is 1. The topological polar surface area (TPSA) is 66.8 Å². The van der Waals surface area contributed by atoms with Gasteiger partial charge in [0.1, 0.15) is 11.5 Å². The van der Waals surface area contributed by atoms with Gasteiger partial charge in [0.2, 0.25) is 0 Å². The first-order valence-corrected chi connectivity index (χ1v) is 11.2. The lowest BCUT2D eigenvalue weighted by molar-refractivity contribution is -0.141. The summed E-state index contributed by atoms with van der Waals surface area (Å²) in [7, 11) is 0. The zero-order valence-electron chi connectivity index (χ0n) is 17.8. The normalized spacial score (nSPS) is 23.1. The van der Waals surface area contributed by atoms with Crippen LogP contribution in [-0.4, -0.2) is 34.3 Å². The van der Waals surface area contributed by atoms with E-state index >= 15 is 0 Å². The Bertz CT molecular complexity index is 1080. The van der Waals surface area contributed by atoms with E-state index in [4.69, 9.17) is 4.74 Å². The molecule has 1 amide bonds. The van der Waals surface area contributed by atoms with Gasteiger partial charge < -0.3 is 14.7 Å². The molecule has 3 aliphatic rings. The second-order valence-electron chi connectivity index (χ2n) is 8.78. The van der Waals surface area contributed by atoms with Gasteiger partial charge in [0.05, 0.1) is 18.2 Å². The fourth-order valence-electron chi connectivity index (χ4n) is 5.27. The molecule has 2 aromatic carbocycles. The van der Waals surface area contributed by atoms with Crippen LogP contribution < -0.4 is 4.74 Å². The van der Waals surface area contributed by atoms with Gasteiger partial charge in [-0.25, -0.2) is 0 Å². The quantitative estimate of drug-likeness (QED) is 0.447. The predicted molar refractivity (Wildman–Crippen MR) is 118 cm³/mol. The van der Waals surface area contributed by atoms with Crippen molar-refractivity contribution in [2.24, 2.45) is 0 Å². The molecular weight excluding hydrogens is 390 g/mol. The van der Waals surface area contributed by atoms with Crippen LogP contribution in [0.2, 0.25) is 0 Å². The molecule has 5 nitrogen and oxygen atoms in total. The van der Waals surface area contributed by atoms with Crippen LogP contribution in [0.5, 0.6) is 5.75 Å². The number of Topliss-reactive ketones (excluding diaryl/α,β-unsaturated/α-hetero) is 1. The first-order chi connectivity index (χ1) is 15.1. The van der Waals surface area contributed by atoms with Crippen molar-refractivity contribution in [3.05, 3.63) is 70.3 Å². The molecule has 0 bridgehead atoms. The summed E-state index contributed by atoms with van der Waals surface area (Å²) in [6, 6.07) is 12.8. The lowest BCUT2D eigenvalue weighted by Crippen LogP contribution is -2.40. The summed E-state index contributed by atoms with van der Waals surface area (Å²) in [6.07, 6.45) is 5.83. The van der Waals surface area contributed by atoms with Gasteiger partial charge in [-0.2, -0.15) is 0 Å². The average molecular weight is 418 g/mol. The number of rotatable bonds is 3. The van der Waals surface area contributed by atoms with Crippen molar-refractivity contribution in [3.63, 3.8) is 0 Å². The predicted octanol–water partition coefficient (Wildman–Crippen LogP) is 4.68. The molecule has 0 spiro atoms. The number of ketones is 1.